The van der Waals surface area contributed by atoms with Crippen molar-refractivity contribution in [1.82, 2.24) is 0 Å². The van der Waals surface area contributed by atoms with E-state index in [1.165, 1.54) is 11.1 Å². The third kappa shape index (κ3) is 5.68. The number of hydrogen-bond acceptors (Lipinski definition) is 3. The topological polar surface area (TPSA) is 29.5 Å². The highest BCUT2D eigenvalue weighted by Crippen LogP contribution is 2.45. The molecule has 0 aliphatic rings. The zero-order valence-corrected chi connectivity index (χ0v) is 31.0. The summed E-state index contributed by atoms with van der Waals surface area (Å²) < 4.78 is 13.3. The molecule has 2 aromatic heterocycles. The summed E-state index contributed by atoms with van der Waals surface area (Å²) in [5, 5.41) is 4.46. The number of para-hydroxylation sites is 4. The lowest BCUT2D eigenvalue weighted by Gasteiger charge is -2.26. The first-order valence-electron chi connectivity index (χ1n) is 19.3. The normalized spacial score (nSPS) is 11.5. The lowest BCUT2D eigenvalue weighted by molar-refractivity contribution is 0.669. The highest BCUT2D eigenvalue weighted by molar-refractivity contribution is 6.14. The third-order valence-electron chi connectivity index (χ3n) is 11.1. The van der Waals surface area contributed by atoms with Gasteiger partial charge in [0, 0.05) is 44.0 Å². The van der Waals surface area contributed by atoms with Crippen LogP contribution in [0.5, 0.6) is 0 Å². The molecule has 0 N–H and O–H groups in total. The zero-order chi connectivity index (χ0) is 37.7. The summed E-state index contributed by atoms with van der Waals surface area (Å²) in [5.41, 5.74) is 15.7. The van der Waals surface area contributed by atoms with Crippen molar-refractivity contribution in [2.75, 3.05) is 4.90 Å². The van der Waals surface area contributed by atoms with Crippen LogP contribution in [0.25, 0.3) is 88.4 Å². The summed E-state index contributed by atoms with van der Waals surface area (Å²) in [5.74, 6) is 0. The Balaban J connectivity index is 0.995. The Morgan fingerprint density at radius 1 is 0.263 bits per heavy atom. The first-order chi connectivity index (χ1) is 28.3. The van der Waals surface area contributed by atoms with Crippen molar-refractivity contribution in [3.63, 3.8) is 0 Å². The molecule has 268 valence electrons. The van der Waals surface area contributed by atoms with Crippen molar-refractivity contribution in [1.29, 1.82) is 0 Å². The molecular formula is C54H35NO2. The predicted octanol–water partition coefficient (Wildman–Crippen LogP) is 15.6. The van der Waals surface area contributed by atoms with Crippen LogP contribution in [0.1, 0.15) is 0 Å². The monoisotopic (exact) mass is 729 g/mol. The van der Waals surface area contributed by atoms with E-state index in [9.17, 15) is 0 Å². The summed E-state index contributed by atoms with van der Waals surface area (Å²) in [4.78, 5) is 2.31. The molecule has 11 rings (SSSR count). The average molecular weight is 730 g/mol. The quantitative estimate of drug-likeness (QED) is 0.164. The fourth-order valence-corrected chi connectivity index (χ4v) is 8.31. The molecule has 0 aliphatic carbocycles. The number of benzene rings is 9. The van der Waals surface area contributed by atoms with E-state index in [2.05, 4.69) is 199 Å². The van der Waals surface area contributed by atoms with Crippen molar-refractivity contribution in [2.24, 2.45) is 0 Å². The Morgan fingerprint density at radius 3 is 1.28 bits per heavy atom. The van der Waals surface area contributed by atoms with Gasteiger partial charge in [-0.15, -0.1) is 0 Å². The summed E-state index contributed by atoms with van der Waals surface area (Å²) in [7, 11) is 0. The molecule has 0 aliphatic heterocycles. The van der Waals surface area contributed by atoms with E-state index in [0.717, 1.165) is 94.3 Å². The molecular weight excluding hydrogens is 695 g/mol. The summed E-state index contributed by atoms with van der Waals surface area (Å²) >= 11 is 0. The summed E-state index contributed by atoms with van der Waals surface area (Å²) in [6, 6.07) is 74.9. The Hall–Kier alpha value is -7.62. The van der Waals surface area contributed by atoms with Crippen LogP contribution in [-0.2, 0) is 0 Å². The second kappa shape index (κ2) is 13.6. The van der Waals surface area contributed by atoms with Crippen LogP contribution < -0.4 is 4.90 Å². The molecule has 0 saturated heterocycles. The molecule has 0 spiro atoms. The van der Waals surface area contributed by atoms with E-state index in [-0.39, 0.29) is 0 Å². The maximum atomic E-state index is 6.92. The first kappa shape index (κ1) is 32.8. The van der Waals surface area contributed by atoms with Gasteiger partial charge in [-0.25, -0.2) is 0 Å². The Labute approximate surface area is 330 Å². The van der Waals surface area contributed by atoms with E-state index in [0.29, 0.717) is 0 Å². The Kier molecular flexibility index (Phi) is 7.82. The van der Waals surface area contributed by atoms with E-state index in [1.807, 2.05) is 18.2 Å². The second-order valence-corrected chi connectivity index (χ2v) is 14.5. The Morgan fingerprint density at radius 2 is 0.667 bits per heavy atom. The van der Waals surface area contributed by atoms with E-state index in [1.54, 1.807) is 0 Å². The molecule has 0 fully saturated rings. The predicted molar refractivity (Wildman–Crippen MR) is 237 cm³/mol. The van der Waals surface area contributed by atoms with Gasteiger partial charge in [-0.3, -0.25) is 0 Å². The lowest BCUT2D eigenvalue weighted by atomic mass is 9.98. The maximum absolute atomic E-state index is 6.92. The number of furan rings is 2. The molecule has 0 radical (unpaired) electrons. The lowest BCUT2D eigenvalue weighted by Crippen LogP contribution is -2.10. The van der Waals surface area contributed by atoms with Crippen molar-refractivity contribution >= 4 is 60.9 Å². The van der Waals surface area contributed by atoms with Gasteiger partial charge in [0.2, 0.25) is 0 Å². The molecule has 0 atom stereocenters. The standard InChI is InChI=1S/C54H35NO2/c1-3-12-36(13-4-1)38-28-32-42(33-29-38)55(50-22-11-21-49-48-20-10-17-44(53(48)57-54(49)50)40-14-5-2-6-15-40)43-34-30-39(31-35-43)37-24-26-41(27-25-37)45-18-9-19-47-46-16-7-8-23-51(46)56-52(45)47/h1-35H. The third-order valence-corrected chi connectivity index (χ3v) is 11.1. The van der Waals surface area contributed by atoms with Gasteiger partial charge in [0.15, 0.2) is 5.58 Å². The minimum absolute atomic E-state index is 0.849. The molecule has 57 heavy (non-hydrogen) atoms. The van der Waals surface area contributed by atoms with Gasteiger partial charge in [-0.2, -0.15) is 0 Å². The van der Waals surface area contributed by atoms with Gasteiger partial charge < -0.3 is 13.7 Å². The number of nitrogens with zero attached hydrogens (tertiary/aromatic N) is 1. The molecule has 3 nitrogen and oxygen atoms in total. The smallest absolute Gasteiger partial charge is 0.159 e. The molecule has 9 aromatic carbocycles. The van der Waals surface area contributed by atoms with E-state index < -0.39 is 0 Å². The van der Waals surface area contributed by atoms with Crippen molar-refractivity contribution < 1.29 is 8.83 Å². The van der Waals surface area contributed by atoms with Crippen LogP contribution in [0.4, 0.5) is 17.1 Å². The van der Waals surface area contributed by atoms with Crippen LogP contribution in [0.2, 0.25) is 0 Å². The molecule has 0 bridgehead atoms. The summed E-state index contributed by atoms with van der Waals surface area (Å²) in [6.45, 7) is 0. The molecule has 0 saturated carbocycles. The number of anilines is 3. The van der Waals surface area contributed by atoms with Crippen LogP contribution in [0.15, 0.2) is 221 Å². The number of fused-ring (bicyclic) bond motifs is 6. The number of hydrogen-bond donors (Lipinski definition) is 0. The molecule has 0 amide bonds. The minimum Gasteiger partial charge on any atom is -0.455 e. The maximum Gasteiger partial charge on any atom is 0.159 e. The molecule has 0 unspecified atom stereocenters. The fourth-order valence-electron chi connectivity index (χ4n) is 8.31. The largest absolute Gasteiger partial charge is 0.455 e. The van der Waals surface area contributed by atoms with Gasteiger partial charge >= 0.3 is 0 Å². The van der Waals surface area contributed by atoms with Gasteiger partial charge in [-0.05, 0) is 69.8 Å². The second-order valence-electron chi connectivity index (χ2n) is 14.5. The highest BCUT2D eigenvalue weighted by Gasteiger charge is 2.21. The molecule has 2 heterocycles. The SMILES string of the molecule is c1ccc(-c2ccc(N(c3ccc(-c4ccc(-c5cccc6c5oc5ccccc56)cc4)cc3)c3cccc4c3oc3c(-c5ccccc5)cccc34)cc2)cc1. The van der Waals surface area contributed by atoms with Crippen LogP contribution in [0, 0.1) is 0 Å². The molecule has 3 heteroatoms. The number of rotatable bonds is 7. The van der Waals surface area contributed by atoms with Crippen LogP contribution in [0.3, 0.4) is 0 Å². The first-order valence-corrected chi connectivity index (χ1v) is 19.3. The minimum atomic E-state index is 0.849. The Bertz CT molecular complexity index is 3200. The highest BCUT2D eigenvalue weighted by atomic mass is 16.3. The van der Waals surface area contributed by atoms with Gasteiger partial charge in [0.05, 0.1) is 5.69 Å². The van der Waals surface area contributed by atoms with Crippen molar-refractivity contribution in [3.8, 4) is 44.5 Å². The molecule has 11 aromatic rings. The van der Waals surface area contributed by atoms with E-state index >= 15 is 0 Å². The van der Waals surface area contributed by atoms with E-state index in [4.69, 9.17) is 8.83 Å². The van der Waals surface area contributed by atoms with Crippen LogP contribution in [-0.4, -0.2) is 0 Å². The van der Waals surface area contributed by atoms with Gasteiger partial charge in [0.1, 0.15) is 16.7 Å². The fraction of sp³-hybridized carbons (Fsp3) is 0. The van der Waals surface area contributed by atoms with Gasteiger partial charge in [0.25, 0.3) is 0 Å². The van der Waals surface area contributed by atoms with Crippen molar-refractivity contribution in [2.45, 2.75) is 0 Å². The van der Waals surface area contributed by atoms with Crippen molar-refractivity contribution in [3.05, 3.63) is 212 Å². The zero-order valence-electron chi connectivity index (χ0n) is 31.0. The average Bonchev–Trinajstić information content (AvgIpc) is 3.87. The summed E-state index contributed by atoms with van der Waals surface area (Å²) in [6.07, 6.45) is 0. The van der Waals surface area contributed by atoms with Crippen LogP contribution >= 0.6 is 0 Å². The van der Waals surface area contributed by atoms with Gasteiger partial charge in [-0.1, -0.05) is 176 Å².